The van der Waals surface area contributed by atoms with E-state index in [0.29, 0.717) is 0 Å². The van der Waals surface area contributed by atoms with Crippen molar-refractivity contribution >= 4 is 27.1 Å². The number of hydrogen-bond donors (Lipinski definition) is 1. The summed E-state index contributed by atoms with van der Waals surface area (Å²) in [6, 6.07) is 15.1. The minimum atomic E-state index is 0.987. The Morgan fingerprint density at radius 3 is 2.74 bits per heavy atom. The fourth-order valence-corrected chi connectivity index (χ4v) is 4.34. The number of fused-ring (bicyclic) bond motifs is 2. The molecule has 4 rings (SSSR count). The van der Waals surface area contributed by atoms with Crippen LogP contribution in [-0.2, 0) is 12.8 Å². The van der Waals surface area contributed by atoms with Gasteiger partial charge in [0.25, 0.3) is 0 Å². The van der Waals surface area contributed by atoms with Gasteiger partial charge in [-0.05, 0) is 41.2 Å². The fourth-order valence-electron chi connectivity index (χ4n) is 3.16. The van der Waals surface area contributed by atoms with Crippen molar-refractivity contribution in [1.82, 2.24) is 0 Å². The van der Waals surface area contributed by atoms with E-state index in [9.17, 15) is 0 Å². The Labute approximate surface area is 116 Å². The number of nitrogens with two attached hydrogens (primary N) is 1. The number of thiophene rings is 1. The van der Waals surface area contributed by atoms with E-state index in [-0.39, 0.29) is 0 Å². The molecule has 0 saturated heterocycles. The van der Waals surface area contributed by atoms with Crippen LogP contribution in [0.5, 0.6) is 0 Å². The summed E-state index contributed by atoms with van der Waals surface area (Å²) >= 11 is 1.78. The Morgan fingerprint density at radius 1 is 0.947 bits per heavy atom. The van der Waals surface area contributed by atoms with E-state index in [1.807, 2.05) is 0 Å². The molecule has 3 aromatic rings. The molecule has 1 aliphatic carbocycles. The SMILES string of the molecule is Nc1sc2c(c1-c1cccc3ccccc13)CCC2. The third-order valence-corrected chi connectivity index (χ3v) is 5.13. The van der Waals surface area contributed by atoms with Crippen LogP contribution >= 0.6 is 11.3 Å². The second-order valence-corrected chi connectivity index (χ2v) is 6.26. The quantitative estimate of drug-likeness (QED) is 0.681. The van der Waals surface area contributed by atoms with Crippen LogP contribution in [0.15, 0.2) is 42.5 Å². The molecule has 0 radical (unpaired) electrons. The average Bonchev–Trinajstić information content (AvgIpc) is 2.98. The third kappa shape index (κ3) is 1.60. The molecule has 0 bridgehead atoms. The van der Waals surface area contributed by atoms with Crippen molar-refractivity contribution < 1.29 is 0 Å². The van der Waals surface area contributed by atoms with Gasteiger partial charge in [0.1, 0.15) is 0 Å². The van der Waals surface area contributed by atoms with Crippen LogP contribution in [0.2, 0.25) is 0 Å². The topological polar surface area (TPSA) is 26.0 Å². The maximum atomic E-state index is 6.29. The molecule has 0 unspecified atom stereocenters. The number of anilines is 1. The summed E-state index contributed by atoms with van der Waals surface area (Å²) in [5, 5.41) is 3.59. The molecule has 2 N–H and O–H groups in total. The van der Waals surface area contributed by atoms with Crippen molar-refractivity contribution in [2.75, 3.05) is 5.73 Å². The minimum absolute atomic E-state index is 0.987. The standard InChI is InChI=1S/C17H15NS/c18-17-16(14-9-4-10-15(14)19-17)13-8-3-6-11-5-1-2-7-12(11)13/h1-3,5-8H,4,9-10,18H2. The van der Waals surface area contributed by atoms with E-state index in [4.69, 9.17) is 5.73 Å². The number of nitrogen functional groups attached to an aromatic ring is 1. The zero-order valence-electron chi connectivity index (χ0n) is 10.6. The van der Waals surface area contributed by atoms with Gasteiger partial charge >= 0.3 is 0 Å². The molecule has 1 aromatic heterocycles. The molecule has 1 nitrogen and oxygen atoms in total. The zero-order chi connectivity index (χ0) is 12.8. The Bertz CT molecular complexity index is 765. The Morgan fingerprint density at radius 2 is 1.79 bits per heavy atom. The second-order valence-electron chi connectivity index (χ2n) is 5.12. The van der Waals surface area contributed by atoms with Crippen molar-refractivity contribution in [2.24, 2.45) is 0 Å². The molecule has 1 aliphatic rings. The van der Waals surface area contributed by atoms with Crippen LogP contribution in [-0.4, -0.2) is 0 Å². The Balaban J connectivity index is 2.06. The number of hydrogen-bond acceptors (Lipinski definition) is 2. The van der Waals surface area contributed by atoms with Gasteiger partial charge in [0.2, 0.25) is 0 Å². The highest BCUT2D eigenvalue weighted by atomic mass is 32.1. The lowest BCUT2D eigenvalue weighted by Crippen LogP contribution is -1.89. The van der Waals surface area contributed by atoms with E-state index in [1.165, 1.54) is 51.6 Å². The summed E-state index contributed by atoms with van der Waals surface area (Å²) in [4.78, 5) is 1.50. The zero-order valence-corrected chi connectivity index (χ0v) is 11.5. The first-order valence-electron chi connectivity index (χ1n) is 6.73. The van der Waals surface area contributed by atoms with Crippen LogP contribution in [0.25, 0.3) is 21.9 Å². The van der Waals surface area contributed by atoms with Gasteiger partial charge in [-0.15, -0.1) is 11.3 Å². The normalized spacial score (nSPS) is 13.9. The fraction of sp³-hybridized carbons (Fsp3) is 0.176. The van der Waals surface area contributed by atoms with Gasteiger partial charge in [0.15, 0.2) is 0 Å². The van der Waals surface area contributed by atoms with E-state index in [0.717, 1.165) is 5.00 Å². The highest BCUT2D eigenvalue weighted by Crippen LogP contribution is 2.45. The summed E-state index contributed by atoms with van der Waals surface area (Å²) in [7, 11) is 0. The highest BCUT2D eigenvalue weighted by Gasteiger charge is 2.22. The number of rotatable bonds is 1. The summed E-state index contributed by atoms with van der Waals surface area (Å²) in [5.74, 6) is 0. The van der Waals surface area contributed by atoms with Crippen LogP contribution in [0, 0.1) is 0 Å². The van der Waals surface area contributed by atoms with Gasteiger partial charge < -0.3 is 5.73 Å². The van der Waals surface area contributed by atoms with E-state index in [2.05, 4.69) is 42.5 Å². The lowest BCUT2D eigenvalue weighted by Gasteiger charge is -2.08. The van der Waals surface area contributed by atoms with Crippen LogP contribution in [0.4, 0.5) is 5.00 Å². The summed E-state index contributed by atoms with van der Waals surface area (Å²) in [5.41, 5.74) is 10.4. The Kier molecular flexibility index (Phi) is 2.39. The van der Waals surface area contributed by atoms with Gasteiger partial charge in [-0.1, -0.05) is 42.5 Å². The van der Waals surface area contributed by atoms with E-state index in [1.54, 1.807) is 11.3 Å². The summed E-state index contributed by atoms with van der Waals surface area (Å²) in [6.07, 6.45) is 3.66. The van der Waals surface area contributed by atoms with Gasteiger partial charge in [-0.3, -0.25) is 0 Å². The maximum Gasteiger partial charge on any atom is 0.0942 e. The molecular formula is C17H15NS. The molecular weight excluding hydrogens is 250 g/mol. The van der Waals surface area contributed by atoms with Crippen LogP contribution in [0.1, 0.15) is 16.9 Å². The third-order valence-electron chi connectivity index (χ3n) is 4.01. The first kappa shape index (κ1) is 11.1. The molecule has 1 heterocycles. The average molecular weight is 265 g/mol. The molecule has 0 spiro atoms. The molecule has 94 valence electrons. The Hall–Kier alpha value is -1.80. The molecule has 0 amide bonds. The first-order chi connectivity index (χ1) is 9.34. The molecule has 0 aliphatic heterocycles. The smallest absolute Gasteiger partial charge is 0.0942 e. The van der Waals surface area contributed by atoms with Crippen LogP contribution < -0.4 is 5.73 Å². The predicted octanol–water partition coefficient (Wildman–Crippen LogP) is 4.64. The van der Waals surface area contributed by atoms with Gasteiger partial charge in [0.05, 0.1) is 5.00 Å². The monoisotopic (exact) mass is 265 g/mol. The number of aryl methyl sites for hydroxylation is 1. The van der Waals surface area contributed by atoms with Crippen molar-refractivity contribution in [3.63, 3.8) is 0 Å². The highest BCUT2D eigenvalue weighted by molar-refractivity contribution is 7.16. The first-order valence-corrected chi connectivity index (χ1v) is 7.54. The van der Waals surface area contributed by atoms with Crippen molar-refractivity contribution in [3.8, 4) is 11.1 Å². The molecule has 0 atom stereocenters. The van der Waals surface area contributed by atoms with Gasteiger partial charge in [-0.25, -0.2) is 0 Å². The lowest BCUT2D eigenvalue weighted by atomic mass is 9.96. The number of benzene rings is 2. The minimum Gasteiger partial charge on any atom is -0.390 e. The summed E-state index contributed by atoms with van der Waals surface area (Å²) in [6.45, 7) is 0. The largest absolute Gasteiger partial charge is 0.390 e. The maximum absolute atomic E-state index is 6.29. The molecule has 2 aromatic carbocycles. The van der Waals surface area contributed by atoms with Crippen molar-refractivity contribution in [2.45, 2.75) is 19.3 Å². The second kappa shape index (κ2) is 4.10. The van der Waals surface area contributed by atoms with Crippen LogP contribution in [0.3, 0.4) is 0 Å². The predicted molar refractivity (Wildman–Crippen MR) is 83.7 cm³/mol. The van der Waals surface area contributed by atoms with Gasteiger partial charge in [-0.2, -0.15) is 0 Å². The van der Waals surface area contributed by atoms with Gasteiger partial charge in [0, 0.05) is 10.4 Å². The van der Waals surface area contributed by atoms with E-state index >= 15 is 0 Å². The lowest BCUT2D eigenvalue weighted by molar-refractivity contribution is 0.915. The molecule has 0 saturated carbocycles. The van der Waals surface area contributed by atoms with Crippen molar-refractivity contribution in [3.05, 3.63) is 52.9 Å². The molecule has 0 fully saturated rings. The molecule has 19 heavy (non-hydrogen) atoms. The molecule has 2 heteroatoms. The van der Waals surface area contributed by atoms with Crippen molar-refractivity contribution in [1.29, 1.82) is 0 Å². The van der Waals surface area contributed by atoms with E-state index < -0.39 is 0 Å². The summed E-state index contributed by atoms with van der Waals surface area (Å²) < 4.78 is 0.